The molecule has 9 rings (SSSR count). The van der Waals surface area contributed by atoms with Gasteiger partial charge in [-0.25, -0.2) is 19.3 Å². The van der Waals surface area contributed by atoms with Crippen molar-refractivity contribution in [2.75, 3.05) is 51.3 Å². The monoisotopic (exact) mass is 954 g/mol. The molecular weight excluding hydrogens is 887 g/mol. The fraction of sp³-hybridized carbons (Fsp3) is 0.500. The first-order valence-corrected chi connectivity index (χ1v) is 24.5. The average molecular weight is 954 g/mol. The number of anilines is 1. The number of ether oxygens (including phenoxy) is 1. The molecule has 0 aliphatic carbocycles. The van der Waals surface area contributed by atoms with Gasteiger partial charge in [-0.05, 0) is 136 Å². The minimum atomic E-state index is -0.645. The second-order valence-electron chi connectivity index (χ2n) is 20.9. The van der Waals surface area contributed by atoms with Crippen LogP contribution >= 0.6 is 0 Å². The Morgan fingerprint density at radius 2 is 1.46 bits per heavy atom. The molecule has 5 N–H and O–H groups in total. The van der Waals surface area contributed by atoms with Crippen LogP contribution < -0.4 is 32.0 Å². The molecule has 0 saturated carbocycles. The van der Waals surface area contributed by atoms with Gasteiger partial charge in [-0.3, -0.25) is 19.2 Å². The normalized spacial score (nSPS) is 19.0. The first-order valence-electron chi connectivity index (χ1n) is 24.5. The van der Waals surface area contributed by atoms with Crippen molar-refractivity contribution in [1.82, 2.24) is 60.3 Å². The SMILES string of the molecule is Cc1cc(C)c(CNC(=O)c2cc(C3=CC(C)(Cc4c(C)[nH]c(=O)c(CNC(=O)c5cc(N6CCN(C)CC6)nc6c5cnn6C(C)C)c4C)NC(C)(C)C3)nc3c2cnn3C2CCOCC2)c(=O)[nH]1. The third kappa shape index (κ3) is 9.68. The van der Waals surface area contributed by atoms with Crippen molar-refractivity contribution in [2.24, 2.45) is 0 Å². The van der Waals surface area contributed by atoms with Gasteiger partial charge in [0.05, 0.1) is 46.0 Å². The topological polar surface area (TPSA) is 213 Å². The first kappa shape index (κ1) is 48.5. The molecule has 18 heteroatoms. The van der Waals surface area contributed by atoms with Crippen LogP contribution in [0.1, 0.15) is 132 Å². The minimum Gasteiger partial charge on any atom is -0.381 e. The van der Waals surface area contributed by atoms with Gasteiger partial charge in [0.1, 0.15) is 5.82 Å². The molecule has 9 heterocycles. The fourth-order valence-corrected chi connectivity index (χ4v) is 10.8. The third-order valence-corrected chi connectivity index (χ3v) is 14.4. The molecule has 1 atom stereocenters. The van der Waals surface area contributed by atoms with Crippen LogP contribution in [0.15, 0.2) is 46.3 Å². The predicted molar refractivity (Wildman–Crippen MR) is 272 cm³/mol. The summed E-state index contributed by atoms with van der Waals surface area (Å²) in [5, 5.41) is 20.7. The summed E-state index contributed by atoms with van der Waals surface area (Å²) in [5.41, 5.74) is 7.28. The number of nitrogens with zero attached hydrogens (tertiary/aromatic N) is 8. The maximum absolute atomic E-state index is 14.3. The molecule has 2 fully saturated rings. The summed E-state index contributed by atoms with van der Waals surface area (Å²) in [4.78, 5) is 76.1. The van der Waals surface area contributed by atoms with E-state index in [1.165, 1.54) is 0 Å². The van der Waals surface area contributed by atoms with Crippen LogP contribution in [0.3, 0.4) is 0 Å². The Labute approximate surface area is 407 Å². The lowest BCUT2D eigenvalue weighted by molar-refractivity contribution is 0.0673. The second-order valence-corrected chi connectivity index (χ2v) is 20.9. The maximum atomic E-state index is 14.3. The Bertz CT molecular complexity index is 3160. The van der Waals surface area contributed by atoms with Gasteiger partial charge in [0.15, 0.2) is 11.3 Å². The highest BCUT2D eigenvalue weighted by molar-refractivity contribution is 6.07. The van der Waals surface area contributed by atoms with Crippen LogP contribution in [0.2, 0.25) is 0 Å². The number of carbonyl (C=O) groups is 2. The van der Waals surface area contributed by atoms with E-state index in [2.05, 4.69) is 74.7 Å². The molecule has 370 valence electrons. The zero-order chi connectivity index (χ0) is 49.8. The van der Waals surface area contributed by atoms with Gasteiger partial charge in [-0.2, -0.15) is 10.2 Å². The molecule has 1 unspecified atom stereocenters. The van der Waals surface area contributed by atoms with Crippen LogP contribution in [0.4, 0.5) is 5.82 Å². The van der Waals surface area contributed by atoms with Crippen molar-refractivity contribution >= 4 is 45.3 Å². The fourth-order valence-electron chi connectivity index (χ4n) is 10.8. The van der Waals surface area contributed by atoms with E-state index in [0.717, 1.165) is 78.5 Å². The first-order chi connectivity index (χ1) is 33.3. The summed E-state index contributed by atoms with van der Waals surface area (Å²) in [5.74, 6) is 0.0930. The van der Waals surface area contributed by atoms with E-state index in [-0.39, 0.29) is 48.1 Å². The van der Waals surface area contributed by atoms with E-state index in [4.69, 9.17) is 19.8 Å². The van der Waals surface area contributed by atoms with Gasteiger partial charge < -0.3 is 40.5 Å². The summed E-state index contributed by atoms with van der Waals surface area (Å²) < 4.78 is 9.48. The average Bonchev–Trinajstić information content (AvgIpc) is 3.94. The number of carbonyl (C=O) groups excluding carboxylic acids is 2. The number of pyridine rings is 4. The van der Waals surface area contributed by atoms with Gasteiger partial charge in [0.25, 0.3) is 22.9 Å². The molecular formula is C52H67N13O5. The lowest BCUT2D eigenvalue weighted by atomic mass is 9.77. The summed E-state index contributed by atoms with van der Waals surface area (Å²) >= 11 is 0. The van der Waals surface area contributed by atoms with Gasteiger partial charge >= 0.3 is 0 Å². The molecule has 3 aliphatic heterocycles. The molecule has 70 heavy (non-hydrogen) atoms. The number of rotatable bonds is 12. The second kappa shape index (κ2) is 19.0. The van der Waals surface area contributed by atoms with Crippen LogP contribution in [0, 0.1) is 27.7 Å². The van der Waals surface area contributed by atoms with Crippen molar-refractivity contribution in [3.8, 4) is 0 Å². The molecule has 0 bridgehead atoms. The van der Waals surface area contributed by atoms with Crippen molar-refractivity contribution in [2.45, 2.75) is 124 Å². The lowest BCUT2D eigenvalue weighted by Crippen LogP contribution is -2.56. The molecule has 2 saturated heterocycles. The number of H-pyrrole nitrogens is 2. The Balaban J connectivity index is 1.03. The lowest BCUT2D eigenvalue weighted by Gasteiger charge is -2.44. The molecule has 18 nitrogen and oxygen atoms in total. The maximum Gasteiger partial charge on any atom is 0.253 e. The largest absolute Gasteiger partial charge is 0.381 e. The smallest absolute Gasteiger partial charge is 0.253 e. The van der Waals surface area contributed by atoms with E-state index in [9.17, 15) is 19.2 Å². The highest BCUT2D eigenvalue weighted by atomic mass is 16.5. The number of likely N-dealkylation sites (N-methyl/N-ethyl adjacent to an activating group) is 1. The number of fused-ring (bicyclic) bond motifs is 2. The van der Waals surface area contributed by atoms with Gasteiger partial charge in [-0.1, -0.05) is 6.08 Å². The molecule has 6 aromatic rings. The molecule has 0 aromatic carbocycles. The Morgan fingerprint density at radius 3 is 2.14 bits per heavy atom. The summed E-state index contributed by atoms with van der Waals surface area (Å²) in [7, 11) is 2.10. The van der Waals surface area contributed by atoms with Crippen LogP contribution in [0.25, 0.3) is 27.6 Å². The standard InChI is InChI=1S/C52H67N13O5/c1-29(2)64-46-42(27-55-64)37(21-44(60-46)63-15-13-62(10)14-16-63)48(67)54-26-40-32(5)38(33(6)58-50(40)69)24-52(9)23-34(22-51(7,8)61-52)43-20-36(47(66)53-25-39-30(3)19-31(4)57-49(39)68)41-28-56-65(45(41)59-43)35-11-17-70-18-12-35/h19-21,23,27-29,35,61H,11-18,22,24-26H2,1-10H3,(H,53,66)(H,54,67)(H,57,68)(H,58,69). The van der Waals surface area contributed by atoms with Crippen LogP contribution in [0.5, 0.6) is 0 Å². The van der Waals surface area contributed by atoms with Gasteiger partial charge in [-0.15, -0.1) is 0 Å². The highest BCUT2D eigenvalue weighted by Gasteiger charge is 2.38. The molecule has 3 aliphatic rings. The number of aromatic nitrogens is 8. The Hall–Kier alpha value is -6.50. The predicted octanol–water partition coefficient (Wildman–Crippen LogP) is 5.49. The highest BCUT2D eigenvalue weighted by Crippen LogP contribution is 2.38. The summed E-state index contributed by atoms with van der Waals surface area (Å²) in [6, 6.07) is 5.70. The van der Waals surface area contributed by atoms with Gasteiger partial charge in [0, 0.05) is 92.1 Å². The van der Waals surface area contributed by atoms with E-state index in [1.54, 1.807) is 12.4 Å². The number of piperazine rings is 1. The molecule has 6 aromatic heterocycles. The van der Waals surface area contributed by atoms with Crippen LogP contribution in [-0.2, 0) is 24.2 Å². The van der Waals surface area contributed by atoms with Crippen molar-refractivity contribution in [1.29, 1.82) is 0 Å². The van der Waals surface area contributed by atoms with Crippen molar-refractivity contribution in [3.63, 3.8) is 0 Å². The minimum absolute atomic E-state index is 0.0173. The summed E-state index contributed by atoms with van der Waals surface area (Å²) in [6.45, 7) is 22.8. The zero-order valence-electron chi connectivity index (χ0n) is 42.2. The Morgan fingerprint density at radius 1 is 0.814 bits per heavy atom. The summed E-state index contributed by atoms with van der Waals surface area (Å²) in [6.07, 6.45) is 8.29. The van der Waals surface area contributed by atoms with Crippen molar-refractivity contribution in [3.05, 3.63) is 113 Å². The number of amides is 2. The molecule has 0 radical (unpaired) electrons. The van der Waals surface area contributed by atoms with Crippen LogP contribution in [-0.4, -0.2) is 114 Å². The molecule has 0 spiro atoms. The van der Waals surface area contributed by atoms with E-state index < -0.39 is 11.1 Å². The number of aryl methyl sites for hydroxylation is 3. The quantitative estimate of drug-likeness (QED) is 0.103. The van der Waals surface area contributed by atoms with E-state index >= 15 is 0 Å². The van der Waals surface area contributed by atoms with Crippen molar-refractivity contribution < 1.29 is 14.3 Å². The third-order valence-electron chi connectivity index (χ3n) is 14.4. The number of aromatic amines is 2. The zero-order valence-corrected chi connectivity index (χ0v) is 42.2. The number of nitrogens with one attached hydrogen (secondary N) is 5. The van der Waals surface area contributed by atoms with Gasteiger partial charge in [0.2, 0.25) is 0 Å². The number of hydrogen-bond acceptors (Lipinski definition) is 12. The number of hydrogen-bond donors (Lipinski definition) is 5. The molecule has 2 amide bonds. The van der Waals surface area contributed by atoms with E-state index in [0.29, 0.717) is 76.1 Å². The van der Waals surface area contributed by atoms with E-state index in [1.807, 2.05) is 69.1 Å². The Kier molecular flexibility index (Phi) is 13.2.